The molecule has 0 amide bonds. The number of fused-ring (bicyclic) bond motifs is 6. The molecule has 3 heterocycles. The van der Waals surface area contributed by atoms with Gasteiger partial charge in [-0.1, -0.05) is 96.3 Å². The largest absolute Gasteiger partial charge is 0.154 e. The molecule has 10 fully saturated rings. The van der Waals surface area contributed by atoms with Crippen molar-refractivity contribution < 1.29 is 0 Å². The lowest BCUT2D eigenvalue weighted by atomic mass is 9.66. The Balaban J connectivity index is 0.813. The van der Waals surface area contributed by atoms with Gasteiger partial charge in [-0.3, -0.25) is 0 Å². The summed E-state index contributed by atoms with van der Waals surface area (Å²) in [6, 6.07) is 0. The van der Waals surface area contributed by atoms with Crippen LogP contribution < -0.4 is 0 Å². The van der Waals surface area contributed by atoms with Gasteiger partial charge in [0.05, 0.1) is 0 Å². The first kappa shape index (κ1) is 36.4. The second-order valence-electron chi connectivity index (χ2n) is 21.3. The molecule has 0 bridgehead atoms. The maximum atomic E-state index is 2.66. The van der Waals surface area contributed by atoms with E-state index in [1.54, 1.807) is 173 Å². The Bertz CT molecular complexity index is 916. The summed E-state index contributed by atoms with van der Waals surface area (Å²) in [6.07, 6.45) is 47.4. The molecule has 7 aliphatic carbocycles. The third-order valence-electron chi connectivity index (χ3n) is 19.0. The van der Waals surface area contributed by atoms with E-state index in [2.05, 4.69) is 35.3 Å². The molecule has 51 heavy (non-hydrogen) atoms. The number of thioether (sulfide) groups is 3. The Hall–Kier alpha value is 1.05. The van der Waals surface area contributed by atoms with E-state index in [-0.39, 0.29) is 0 Å². The molecule has 288 valence electrons. The molecular weight excluding hydrogens is 673 g/mol. The molecule has 0 spiro atoms. The van der Waals surface area contributed by atoms with E-state index in [4.69, 9.17) is 0 Å². The molecule has 3 saturated heterocycles. The first-order valence-corrected chi connectivity index (χ1v) is 27.0. The average molecular weight is 751 g/mol. The molecule has 10 aliphatic rings. The highest BCUT2D eigenvalue weighted by atomic mass is 32.2. The fourth-order valence-corrected chi connectivity index (χ4v) is 23.1. The van der Waals surface area contributed by atoms with Crippen LogP contribution in [0.5, 0.6) is 0 Å². The van der Waals surface area contributed by atoms with Crippen molar-refractivity contribution in [2.75, 3.05) is 0 Å². The summed E-state index contributed by atoms with van der Waals surface area (Å²) >= 11 is 7.97. The summed E-state index contributed by atoms with van der Waals surface area (Å²) in [7, 11) is 0. The zero-order valence-electron chi connectivity index (χ0n) is 32.8. The van der Waals surface area contributed by atoms with Crippen molar-refractivity contribution in [1.29, 1.82) is 0 Å². The van der Waals surface area contributed by atoms with Crippen LogP contribution in [0, 0.1) is 71.0 Å². The lowest BCUT2D eigenvalue weighted by Gasteiger charge is -2.43. The summed E-state index contributed by atoms with van der Waals surface area (Å²) < 4.78 is 0. The normalized spacial score (nSPS) is 50.5. The molecule has 3 atom stereocenters. The van der Waals surface area contributed by atoms with Crippen LogP contribution in [0.3, 0.4) is 0 Å². The van der Waals surface area contributed by atoms with Gasteiger partial charge in [0.15, 0.2) is 0 Å². The van der Waals surface area contributed by atoms with Crippen molar-refractivity contribution in [2.45, 2.75) is 224 Å². The molecule has 0 aromatic heterocycles. The van der Waals surface area contributed by atoms with Crippen molar-refractivity contribution in [3.05, 3.63) is 0 Å². The highest BCUT2D eigenvalue weighted by Gasteiger charge is 2.62. The van der Waals surface area contributed by atoms with E-state index in [9.17, 15) is 0 Å². The standard InChI is InChI=1S/C48H78S3/c1-4-10-31(11-5-1)34-16-22-37(23-17-34)43-28-40-46(49-43)41-29-44(38-24-18-35(19-25-38)32-12-6-2-7-13-32)51-48(41)42-30-45(50-47(40)42)39-26-20-36(21-27-39)33-14-8-3-9-15-33/h31-48H,1-30H2. The Morgan fingerprint density at radius 3 is 0.686 bits per heavy atom. The van der Waals surface area contributed by atoms with Gasteiger partial charge in [0.25, 0.3) is 0 Å². The summed E-state index contributed by atoms with van der Waals surface area (Å²) in [6.45, 7) is 0. The van der Waals surface area contributed by atoms with Gasteiger partial charge in [0.1, 0.15) is 0 Å². The SMILES string of the molecule is C1CCC(C2CCC(C3CC4C(S3)C3CC(C5CCC(C6CCCCC6)CC5)SC3C3CC(C5CCC(C6CCCCC6)CC5)SC43)CC2)CC1. The van der Waals surface area contributed by atoms with Crippen LogP contribution in [-0.2, 0) is 0 Å². The van der Waals surface area contributed by atoms with E-state index >= 15 is 0 Å². The van der Waals surface area contributed by atoms with Gasteiger partial charge in [-0.15, -0.1) is 0 Å². The lowest BCUT2D eigenvalue weighted by molar-refractivity contribution is 0.154. The molecule has 3 unspecified atom stereocenters. The van der Waals surface area contributed by atoms with Gasteiger partial charge >= 0.3 is 0 Å². The fourth-order valence-electron chi connectivity index (χ4n) is 16.2. The van der Waals surface area contributed by atoms with Gasteiger partial charge in [0.2, 0.25) is 0 Å². The number of hydrogen-bond donors (Lipinski definition) is 0. The average Bonchev–Trinajstić information content (AvgIpc) is 3.97. The molecule has 0 aromatic carbocycles. The first-order chi connectivity index (χ1) is 25.2. The molecule has 0 N–H and O–H groups in total. The zero-order valence-corrected chi connectivity index (χ0v) is 35.3. The van der Waals surface area contributed by atoms with E-state index in [0.717, 1.165) is 103 Å². The Morgan fingerprint density at radius 2 is 0.431 bits per heavy atom. The van der Waals surface area contributed by atoms with E-state index in [0.29, 0.717) is 0 Å². The van der Waals surface area contributed by atoms with Crippen LogP contribution in [-0.4, -0.2) is 31.5 Å². The third-order valence-corrected chi connectivity index (χ3v) is 24.8. The molecule has 7 saturated carbocycles. The van der Waals surface area contributed by atoms with Crippen LogP contribution in [0.2, 0.25) is 0 Å². The van der Waals surface area contributed by atoms with Crippen LogP contribution in [0.1, 0.15) is 193 Å². The second-order valence-corrected chi connectivity index (χ2v) is 25.6. The topological polar surface area (TPSA) is 0 Å². The number of hydrogen-bond acceptors (Lipinski definition) is 3. The Labute approximate surface area is 328 Å². The summed E-state index contributed by atoms with van der Waals surface area (Å²) in [5.74, 6) is 13.0. The van der Waals surface area contributed by atoms with Crippen molar-refractivity contribution in [3.63, 3.8) is 0 Å². The minimum atomic E-state index is 1.02. The van der Waals surface area contributed by atoms with E-state index in [1.807, 2.05) is 0 Å². The summed E-state index contributed by atoms with van der Waals surface area (Å²) in [5.41, 5.74) is 0. The predicted octanol–water partition coefficient (Wildman–Crippen LogP) is 14.6. The molecule has 0 aromatic rings. The highest BCUT2D eigenvalue weighted by molar-refractivity contribution is 8.03. The first-order valence-electron chi connectivity index (χ1n) is 24.2. The van der Waals surface area contributed by atoms with E-state index in [1.165, 1.54) is 19.3 Å². The molecule has 3 aliphatic heterocycles. The minimum Gasteiger partial charge on any atom is -0.154 e. The maximum absolute atomic E-state index is 2.66. The Kier molecular flexibility index (Phi) is 11.8. The smallest absolute Gasteiger partial charge is 0.0129 e. The molecule has 3 heteroatoms. The fraction of sp³-hybridized carbons (Fsp3) is 1.00. The van der Waals surface area contributed by atoms with Crippen molar-refractivity contribution in [2.24, 2.45) is 71.0 Å². The highest BCUT2D eigenvalue weighted by Crippen LogP contribution is 2.68. The van der Waals surface area contributed by atoms with E-state index < -0.39 is 0 Å². The van der Waals surface area contributed by atoms with Gasteiger partial charge in [-0.05, 0) is 167 Å². The summed E-state index contributed by atoms with van der Waals surface area (Å²) in [5, 5.41) is 6.15. The quantitative estimate of drug-likeness (QED) is 0.265. The van der Waals surface area contributed by atoms with Crippen molar-refractivity contribution in [1.82, 2.24) is 0 Å². The van der Waals surface area contributed by atoms with Crippen molar-refractivity contribution in [3.8, 4) is 0 Å². The minimum absolute atomic E-state index is 1.02. The molecule has 0 nitrogen and oxygen atoms in total. The van der Waals surface area contributed by atoms with Gasteiger partial charge in [-0.25, -0.2) is 0 Å². The van der Waals surface area contributed by atoms with Gasteiger partial charge in [-0.2, -0.15) is 35.3 Å². The molecule has 10 rings (SSSR count). The maximum Gasteiger partial charge on any atom is 0.0129 e. The molecule has 0 radical (unpaired) electrons. The van der Waals surface area contributed by atoms with Crippen molar-refractivity contribution >= 4 is 35.3 Å². The zero-order chi connectivity index (χ0) is 33.7. The lowest BCUT2D eigenvalue weighted by Crippen LogP contribution is -2.46. The second kappa shape index (κ2) is 16.5. The van der Waals surface area contributed by atoms with Gasteiger partial charge < -0.3 is 0 Å². The predicted molar refractivity (Wildman–Crippen MR) is 226 cm³/mol. The van der Waals surface area contributed by atoms with Crippen LogP contribution in [0.4, 0.5) is 0 Å². The van der Waals surface area contributed by atoms with Crippen LogP contribution >= 0.6 is 35.3 Å². The number of rotatable bonds is 6. The van der Waals surface area contributed by atoms with Gasteiger partial charge in [0, 0.05) is 31.5 Å². The van der Waals surface area contributed by atoms with Crippen LogP contribution in [0.25, 0.3) is 0 Å². The molecular formula is C48H78S3. The monoisotopic (exact) mass is 751 g/mol. The van der Waals surface area contributed by atoms with Crippen LogP contribution in [0.15, 0.2) is 0 Å². The summed E-state index contributed by atoms with van der Waals surface area (Å²) in [4.78, 5) is 0. The third kappa shape index (κ3) is 7.61. The Morgan fingerprint density at radius 1 is 0.216 bits per heavy atom.